The maximum atomic E-state index is 13.2. The number of carbonyl (C=O) groups is 2. The van der Waals surface area contributed by atoms with Gasteiger partial charge in [-0.25, -0.2) is 0 Å². The number of ether oxygens (including phenoxy) is 1. The molecule has 1 aliphatic rings. The van der Waals surface area contributed by atoms with Crippen molar-refractivity contribution >= 4 is 28.9 Å². The van der Waals surface area contributed by atoms with Crippen LogP contribution in [-0.2, 0) is 4.79 Å². The number of anilines is 2. The Kier molecular flexibility index (Phi) is 5.96. The number of nitrogens with zero attached hydrogens (tertiary/aromatic N) is 2. The summed E-state index contributed by atoms with van der Waals surface area (Å²) in [4.78, 5) is 37.9. The standard InChI is InChI=1S/C20H22N4O5/c1-3-10-22-19(25)18-12-23(15-6-4-5-7-17(15)29-18)20(26)13-8-9-14(21-2)16(11-13)24(27)28/h4-9,11,18,21H,3,10,12H2,1-2H3,(H,22,25)/t18-/m0/s1. The molecule has 1 atom stereocenters. The zero-order valence-corrected chi connectivity index (χ0v) is 16.2. The van der Waals surface area contributed by atoms with E-state index in [4.69, 9.17) is 4.74 Å². The highest BCUT2D eigenvalue weighted by Crippen LogP contribution is 2.35. The summed E-state index contributed by atoms with van der Waals surface area (Å²) in [7, 11) is 1.57. The molecule has 2 aromatic carbocycles. The van der Waals surface area contributed by atoms with Gasteiger partial charge in [0.15, 0.2) is 6.10 Å². The molecule has 1 heterocycles. The third kappa shape index (κ3) is 4.13. The molecule has 2 aromatic rings. The molecule has 152 valence electrons. The summed E-state index contributed by atoms with van der Waals surface area (Å²) >= 11 is 0. The third-order valence-electron chi connectivity index (χ3n) is 4.57. The maximum Gasteiger partial charge on any atom is 0.293 e. The highest BCUT2D eigenvalue weighted by molar-refractivity contribution is 6.08. The Balaban J connectivity index is 1.95. The largest absolute Gasteiger partial charge is 0.477 e. The lowest BCUT2D eigenvalue weighted by atomic mass is 10.1. The van der Waals surface area contributed by atoms with Crippen LogP contribution >= 0.6 is 0 Å². The van der Waals surface area contributed by atoms with Crippen molar-refractivity contribution in [1.29, 1.82) is 0 Å². The summed E-state index contributed by atoms with van der Waals surface area (Å²) < 4.78 is 5.78. The van der Waals surface area contributed by atoms with Crippen molar-refractivity contribution in [3.8, 4) is 5.75 Å². The SMILES string of the molecule is CCCNC(=O)[C@@H]1CN(C(=O)c2ccc(NC)c([N+](=O)[O-])c2)c2ccccc2O1. The van der Waals surface area contributed by atoms with Crippen molar-refractivity contribution in [2.75, 3.05) is 30.4 Å². The molecule has 9 heteroatoms. The second kappa shape index (κ2) is 8.59. The molecular weight excluding hydrogens is 376 g/mol. The molecule has 0 spiro atoms. The number of para-hydroxylation sites is 2. The molecule has 0 aromatic heterocycles. The molecule has 0 fully saturated rings. The molecule has 0 bridgehead atoms. The zero-order valence-electron chi connectivity index (χ0n) is 16.2. The average molecular weight is 398 g/mol. The van der Waals surface area contributed by atoms with E-state index < -0.39 is 16.9 Å². The lowest BCUT2D eigenvalue weighted by molar-refractivity contribution is -0.384. The quantitative estimate of drug-likeness (QED) is 0.571. The molecule has 3 rings (SSSR count). The van der Waals surface area contributed by atoms with Crippen LogP contribution in [0.15, 0.2) is 42.5 Å². The van der Waals surface area contributed by atoms with Crippen molar-refractivity contribution < 1.29 is 19.2 Å². The second-order valence-corrected chi connectivity index (χ2v) is 6.52. The number of nitro groups is 1. The van der Waals surface area contributed by atoms with Gasteiger partial charge in [-0.05, 0) is 30.7 Å². The second-order valence-electron chi connectivity index (χ2n) is 6.52. The van der Waals surface area contributed by atoms with E-state index in [1.807, 2.05) is 6.92 Å². The zero-order chi connectivity index (χ0) is 21.0. The van der Waals surface area contributed by atoms with Gasteiger partial charge in [0.1, 0.15) is 11.4 Å². The van der Waals surface area contributed by atoms with Gasteiger partial charge < -0.3 is 20.3 Å². The minimum absolute atomic E-state index is 0.00692. The fourth-order valence-electron chi connectivity index (χ4n) is 3.11. The van der Waals surface area contributed by atoms with Gasteiger partial charge in [-0.3, -0.25) is 19.7 Å². The van der Waals surface area contributed by atoms with Crippen LogP contribution in [0.25, 0.3) is 0 Å². The summed E-state index contributed by atoms with van der Waals surface area (Å²) in [6, 6.07) is 11.1. The first kappa shape index (κ1) is 20.1. The Morgan fingerprint density at radius 3 is 2.72 bits per heavy atom. The van der Waals surface area contributed by atoms with Crippen LogP contribution in [0.2, 0.25) is 0 Å². The number of fused-ring (bicyclic) bond motifs is 1. The van der Waals surface area contributed by atoms with Gasteiger partial charge in [-0.2, -0.15) is 0 Å². The molecule has 29 heavy (non-hydrogen) atoms. The van der Waals surface area contributed by atoms with E-state index in [1.54, 1.807) is 31.3 Å². The Morgan fingerprint density at radius 2 is 2.03 bits per heavy atom. The molecule has 0 saturated carbocycles. The fraction of sp³-hybridized carbons (Fsp3) is 0.300. The van der Waals surface area contributed by atoms with E-state index in [1.165, 1.54) is 23.1 Å². The summed E-state index contributed by atoms with van der Waals surface area (Å²) in [6.45, 7) is 2.45. The Hall–Kier alpha value is -3.62. The van der Waals surface area contributed by atoms with Gasteiger partial charge >= 0.3 is 0 Å². The minimum Gasteiger partial charge on any atom is -0.477 e. The van der Waals surface area contributed by atoms with Crippen LogP contribution in [0.3, 0.4) is 0 Å². The van der Waals surface area contributed by atoms with Gasteiger partial charge in [0, 0.05) is 25.2 Å². The van der Waals surface area contributed by atoms with Crippen LogP contribution in [0.4, 0.5) is 17.1 Å². The summed E-state index contributed by atoms with van der Waals surface area (Å²) in [6.07, 6.45) is -0.0916. The number of nitro benzene ring substituents is 1. The van der Waals surface area contributed by atoms with Crippen LogP contribution < -0.4 is 20.3 Å². The molecule has 2 amide bonds. The van der Waals surface area contributed by atoms with Crippen molar-refractivity contribution in [2.24, 2.45) is 0 Å². The van der Waals surface area contributed by atoms with E-state index in [-0.39, 0.29) is 23.7 Å². The van der Waals surface area contributed by atoms with Crippen LogP contribution in [-0.4, -0.2) is 43.0 Å². The van der Waals surface area contributed by atoms with Gasteiger partial charge in [0.05, 0.1) is 17.2 Å². The third-order valence-corrected chi connectivity index (χ3v) is 4.57. The first-order valence-electron chi connectivity index (χ1n) is 9.27. The molecule has 0 unspecified atom stereocenters. The van der Waals surface area contributed by atoms with Crippen molar-refractivity contribution in [3.63, 3.8) is 0 Å². The first-order valence-corrected chi connectivity index (χ1v) is 9.27. The van der Waals surface area contributed by atoms with E-state index in [0.29, 0.717) is 23.7 Å². The minimum atomic E-state index is -0.869. The monoisotopic (exact) mass is 398 g/mol. The van der Waals surface area contributed by atoms with Gasteiger partial charge in [-0.1, -0.05) is 19.1 Å². The summed E-state index contributed by atoms with van der Waals surface area (Å²) in [5, 5.41) is 16.9. The topological polar surface area (TPSA) is 114 Å². The average Bonchev–Trinajstić information content (AvgIpc) is 2.75. The lowest BCUT2D eigenvalue weighted by Crippen LogP contribution is -2.50. The fourth-order valence-corrected chi connectivity index (χ4v) is 3.11. The molecule has 2 N–H and O–H groups in total. The molecule has 0 saturated heterocycles. The Morgan fingerprint density at radius 1 is 1.28 bits per heavy atom. The number of amides is 2. The number of carbonyl (C=O) groups excluding carboxylic acids is 2. The predicted molar refractivity (Wildman–Crippen MR) is 108 cm³/mol. The van der Waals surface area contributed by atoms with Crippen molar-refractivity contribution in [2.45, 2.75) is 19.4 Å². The van der Waals surface area contributed by atoms with Gasteiger partial charge in [-0.15, -0.1) is 0 Å². The van der Waals surface area contributed by atoms with Crippen molar-refractivity contribution in [3.05, 3.63) is 58.1 Å². The maximum absolute atomic E-state index is 13.2. The van der Waals surface area contributed by atoms with Gasteiger partial charge in [0.2, 0.25) is 0 Å². The van der Waals surface area contributed by atoms with Gasteiger partial charge in [0.25, 0.3) is 17.5 Å². The number of nitrogens with one attached hydrogen (secondary N) is 2. The van der Waals surface area contributed by atoms with E-state index in [9.17, 15) is 19.7 Å². The molecule has 1 aliphatic heterocycles. The molecular formula is C20H22N4O5. The van der Waals surface area contributed by atoms with Crippen LogP contribution in [0, 0.1) is 10.1 Å². The predicted octanol–water partition coefficient (Wildman–Crippen LogP) is 2.57. The smallest absolute Gasteiger partial charge is 0.293 e. The van der Waals surface area contributed by atoms with Crippen molar-refractivity contribution in [1.82, 2.24) is 5.32 Å². The number of hydrogen-bond acceptors (Lipinski definition) is 6. The highest BCUT2D eigenvalue weighted by Gasteiger charge is 2.34. The number of rotatable bonds is 6. The summed E-state index contributed by atoms with van der Waals surface area (Å²) in [5.41, 5.74) is 0.778. The number of hydrogen-bond donors (Lipinski definition) is 2. The van der Waals surface area contributed by atoms with Crippen LogP contribution in [0.1, 0.15) is 23.7 Å². The van der Waals surface area contributed by atoms with Crippen LogP contribution in [0.5, 0.6) is 5.75 Å². The van der Waals surface area contributed by atoms with E-state index >= 15 is 0 Å². The molecule has 9 nitrogen and oxygen atoms in total. The first-order chi connectivity index (χ1) is 14.0. The molecule has 0 aliphatic carbocycles. The highest BCUT2D eigenvalue weighted by atomic mass is 16.6. The lowest BCUT2D eigenvalue weighted by Gasteiger charge is -2.34. The van der Waals surface area contributed by atoms with E-state index in [0.717, 1.165) is 6.42 Å². The Bertz CT molecular complexity index is 946. The normalized spacial score (nSPS) is 15.1. The molecule has 0 radical (unpaired) electrons. The Labute approximate surface area is 167 Å². The number of benzene rings is 2. The summed E-state index contributed by atoms with van der Waals surface area (Å²) in [5.74, 6) is -0.347. The van der Waals surface area contributed by atoms with E-state index in [2.05, 4.69) is 10.6 Å².